The van der Waals surface area contributed by atoms with E-state index in [9.17, 15) is 0 Å². The van der Waals surface area contributed by atoms with Gasteiger partial charge in [0, 0.05) is 30.1 Å². The highest BCUT2D eigenvalue weighted by atomic mass is 127. The Bertz CT molecular complexity index is 626. The molecule has 0 aliphatic heterocycles. The van der Waals surface area contributed by atoms with Crippen LogP contribution in [0.5, 0.6) is 0 Å². The van der Waals surface area contributed by atoms with Crippen molar-refractivity contribution in [1.82, 2.24) is 16.0 Å². The van der Waals surface area contributed by atoms with E-state index < -0.39 is 0 Å². The number of nitrogens with one attached hydrogen (secondary N) is 3. The van der Waals surface area contributed by atoms with Gasteiger partial charge in [0.2, 0.25) is 0 Å². The van der Waals surface area contributed by atoms with Crippen LogP contribution in [0, 0.1) is 0 Å². The number of hydrogen-bond donors (Lipinski definition) is 3. The number of thiophene rings is 1. The molecule has 0 aliphatic carbocycles. The fourth-order valence-electron chi connectivity index (χ4n) is 2.57. The molecule has 0 spiro atoms. The summed E-state index contributed by atoms with van der Waals surface area (Å²) in [6.07, 6.45) is 0. The van der Waals surface area contributed by atoms with Crippen LogP contribution in [0.2, 0.25) is 0 Å². The highest BCUT2D eigenvalue weighted by Gasteiger charge is 2.21. The fraction of sp³-hybridized carbons (Fsp3) is 0.421. The number of rotatable bonds is 7. The molecule has 3 N–H and O–H groups in total. The highest BCUT2D eigenvalue weighted by molar-refractivity contribution is 14.0. The molecule has 2 aromatic rings. The largest absolute Gasteiger partial charge is 0.355 e. The van der Waals surface area contributed by atoms with E-state index in [-0.39, 0.29) is 29.5 Å². The summed E-state index contributed by atoms with van der Waals surface area (Å²) in [4.78, 5) is 5.60. The Morgan fingerprint density at radius 2 is 1.84 bits per heavy atom. The second kappa shape index (κ2) is 10.8. The van der Waals surface area contributed by atoms with Crippen molar-refractivity contribution in [2.24, 2.45) is 4.99 Å². The van der Waals surface area contributed by atoms with E-state index in [0.717, 1.165) is 19.0 Å². The van der Waals surface area contributed by atoms with Crippen LogP contribution < -0.4 is 16.0 Å². The molecule has 0 radical (unpaired) electrons. The molecule has 0 fully saturated rings. The molecule has 1 unspecified atom stereocenters. The molecule has 0 amide bonds. The Kier molecular flexibility index (Phi) is 9.45. The molecular weight excluding hydrogens is 443 g/mol. The van der Waals surface area contributed by atoms with Crippen LogP contribution in [-0.2, 0) is 6.54 Å². The van der Waals surface area contributed by atoms with Gasteiger partial charge in [-0.3, -0.25) is 4.99 Å². The predicted molar refractivity (Wildman–Crippen MR) is 120 cm³/mol. The summed E-state index contributed by atoms with van der Waals surface area (Å²) in [5, 5.41) is 12.5. The van der Waals surface area contributed by atoms with Crippen molar-refractivity contribution in [3.05, 3.63) is 58.3 Å². The van der Waals surface area contributed by atoms with Crippen LogP contribution in [0.1, 0.15) is 37.3 Å². The molecule has 0 saturated carbocycles. The lowest BCUT2D eigenvalue weighted by Crippen LogP contribution is -2.52. The van der Waals surface area contributed by atoms with Gasteiger partial charge in [-0.05, 0) is 37.8 Å². The van der Waals surface area contributed by atoms with Gasteiger partial charge in [0.1, 0.15) is 0 Å². The SMILES string of the molecule is CN=C(NCc1cccs1)NCC(C)(C)NC(C)c1ccccc1.I. The van der Waals surface area contributed by atoms with Gasteiger partial charge in [-0.15, -0.1) is 35.3 Å². The molecule has 6 heteroatoms. The van der Waals surface area contributed by atoms with Crippen molar-refractivity contribution in [2.45, 2.75) is 38.9 Å². The van der Waals surface area contributed by atoms with Crippen molar-refractivity contribution >= 4 is 41.3 Å². The molecular formula is C19H29IN4S. The standard InChI is InChI=1S/C19H28N4S.HI/c1-15(16-9-6-5-7-10-16)23-19(2,3)14-22-18(20-4)21-13-17-11-8-12-24-17;/h5-12,15,23H,13-14H2,1-4H3,(H2,20,21,22);1H. The maximum Gasteiger partial charge on any atom is 0.191 e. The van der Waals surface area contributed by atoms with Crippen molar-refractivity contribution in [3.63, 3.8) is 0 Å². The van der Waals surface area contributed by atoms with E-state index >= 15 is 0 Å². The predicted octanol–water partition coefficient (Wildman–Crippen LogP) is 4.16. The van der Waals surface area contributed by atoms with E-state index in [1.165, 1.54) is 10.4 Å². The first kappa shape index (κ1) is 21.9. The fourth-order valence-corrected chi connectivity index (χ4v) is 3.22. The summed E-state index contributed by atoms with van der Waals surface area (Å²) in [5.41, 5.74) is 1.24. The van der Waals surface area contributed by atoms with E-state index in [0.29, 0.717) is 6.04 Å². The average molecular weight is 472 g/mol. The van der Waals surface area contributed by atoms with Crippen LogP contribution >= 0.6 is 35.3 Å². The molecule has 0 aliphatic rings. The minimum absolute atomic E-state index is 0. The Balaban J connectivity index is 0.00000312. The monoisotopic (exact) mass is 472 g/mol. The van der Waals surface area contributed by atoms with Gasteiger partial charge in [0.05, 0.1) is 6.54 Å². The van der Waals surface area contributed by atoms with Gasteiger partial charge in [-0.2, -0.15) is 0 Å². The zero-order valence-electron chi connectivity index (χ0n) is 15.4. The number of guanidine groups is 1. The first-order valence-corrected chi connectivity index (χ1v) is 9.18. The Morgan fingerprint density at radius 3 is 2.44 bits per heavy atom. The van der Waals surface area contributed by atoms with Gasteiger partial charge in [-0.1, -0.05) is 36.4 Å². The van der Waals surface area contributed by atoms with Crippen LogP contribution in [0.3, 0.4) is 0 Å². The van der Waals surface area contributed by atoms with Crippen molar-refractivity contribution in [2.75, 3.05) is 13.6 Å². The third-order valence-corrected chi connectivity index (χ3v) is 4.71. The number of halogens is 1. The summed E-state index contributed by atoms with van der Waals surface area (Å²) in [7, 11) is 1.80. The van der Waals surface area contributed by atoms with Crippen molar-refractivity contribution < 1.29 is 0 Å². The molecule has 1 heterocycles. The van der Waals surface area contributed by atoms with E-state index in [2.05, 4.69) is 83.5 Å². The van der Waals surface area contributed by atoms with Crippen molar-refractivity contribution in [1.29, 1.82) is 0 Å². The van der Waals surface area contributed by atoms with E-state index in [4.69, 9.17) is 0 Å². The minimum atomic E-state index is -0.0597. The van der Waals surface area contributed by atoms with Gasteiger partial charge in [-0.25, -0.2) is 0 Å². The molecule has 138 valence electrons. The van der Waals surface area contributed by atoms with E-state index in [1.54, 1.807) is 18.4 Å². The van der Waals surface area contributed by atoms with Gasteiger partial charge in [0.15, 0.2) is 5.96 Å². The Morgan fingerprint density at radius 1 is 1.12 bits per heavy atom. The van der Waals surface area contributed by atoms with Crippen molar-refractivity contribution in [3.8, 4) is 0 Å². The zero-order valence-corrected chi connectivity index (χ0v) is 18.5. The summed E-state index contributed by atoms with van der Waals surface area (Å²) >= 11 is 1.75. The maximum atomic E-state index is 4.30. The third kappa shape index (κ3) is 7.75. The quantitative estimate of drug-likeness (QED) is 0.322. The van der Waals surface area contributed by atoms with Gasteiger partial charge < -0.3 is 16.0 Å². The highest BCUT2D eigenvalue weighted by Crippen LogP contribution is 2.15. The van der Waals surface area contributed by atoms with Crippen LogP contribution in [0.4, 0.5) is 0 Å². The lowest BCUT2D eigenvalue weighted by Gasteiger charge is -2.31. The zero-order chi connectivity index (χ0) is 17.4. The summed E-state index contributed by atoms with van der Waals surface area (Å²) in [6.45, 7) is 8.18. The summed E-state index contributed by atoms with van der Waals surface area (Å²) in [6, 6.07) is 15.0. The molecule has 4 nitrogen and oxygen atoms in total. The lowest BCUT2D eigenvalue weighted by molar-refractivity contribution is 0.345. The Hall–Kier alpha value is -1.12. The summed E-state index contributed by atoms with van der Waals surface area (Å²) < 4.78 is 0. The van der Waals surface area contributed by atoms with Gasteiger partial charge in [0.25, 0.3) is 0 Å². The van der Waals surface area contributed by atoms with Crippen LogP contribution in [-0.4, -0.2) is 25.1 Å². The number of aliphatic imine (C=N–C) groups is 1. The first-order valence-electron chi connectivity index (χ1n) is 8.30. The topological polar surface area (TPSA) is 48.5 Å². The molecule has 2 rings (SSSR count). The minimum Gasteiger partial charge on any atom is -0.355 e. The van der Waals surface area contributed by atoms with Crippen LogP contribution in [0.25, 0.3) is 0 Å². The molecule has 1 aromatic heterocycles. The molecule has 0 saturated heterocycles. The Labute approximate surface area is 172 Å². The number of benzene rings is 1. The molecule has 1 aromatic carbocycles. The first-order chi connectivity index (χ1) is 11.5. The normalized spacial score (nSPS) is 13.0. The molecule has 0 bridgehead atoms. The smallest absolute Gasteiger partial charge is 0.191 e. The molecule has 25 heavy (non-hydrogen) atoms. The second-order valence-corrected chi connectivity index (χ2v) is 7.55. The maximum absolute atomic E-state index is 4.30. The lowest BCUT2D eigenvalue weighted by atomic mass is 10.0. The third-order valence-electron chi connectivity index (χ3n) is 3.84. The van der Waals surface area contributed by atoms with E-state index in [1.807, 2.05) is 6.07 Å². The average Bonchev–Trinajstić information content (AvgIpc) is 3.09. The van der Waals surface area contributed by atoms with Gasteiger partial charge >= 0.3 is 0 Å². The number of hydrogen-bond acceptors (Lipinski definition) is 3. The molecule has 1 atom stereocenters. The summed E-state index contributed by atoms with van der Waals surface area (Å²) in [5.74, 6) is 0.825. The number of nitrogens with zero attached hydrogens (tertiary/aromatic N) is 1. The second-order valence-electron chi connectivity index (χ2n) is 6.52. The van der Waals surface area contributed by atoms with Crippen LogP contribution in [0.15, 0.2) is 52.8 Å².